The van der Waals surface area contributed by atoms with Gasteiger partial charge in [0.05, 0.1) is 0 Å². The average molecular weight is 418 g/mol. The molecule has 0 heterocycles. The van der Waals surface area contributed by atoms with Crippen molar-refractivity contribution in [3.63, 3.8) is 0 Å². The molecule has 29 heavy (non-hydrogen) atoms. The van der Waals surface area contributed by atoms with Crippen molar-refractivity contribution in [2.24, 2.45) is 17.8 Å². The van der Waals surface area contributed by atoms with Gasteiger partial charge in [-0.3, -0.25) is 0 Å². The maximum Gasteiger partial charge on any atom is 0.422 e. The fourth-order valence-corrected chi connectivity index (χ4v) is 5.39. The number of ether oxygens (including phenoxy) is 1. The molecule has 1 nitrogen and oxygen atoms in total. The normalized spacial score (nSPS) is 28.3. The molecule has 2 aliphatic carbocycles. The summed E-state index contributed by atoms with van der Waals surface area (Å²) >= 11 is 0. The van der Waals surface area contributed by atoms with Gasteiger partial charge in [-0.15, -0.1) is 0 Å². The Morgan fingerprint density at radius 3 is 1.86 bits per heavy atom. The lowest BCUT2D eigenvalue weighted by atomic mass is 9.68. The highest BCUT2D eigenvalue weighted by atomic mass is 19.4. The number of alkyl halides is 3. The molecule has 1 aromatic carbocycles. The topological polar surface area (TPSA) is 9.23 Å². The molecule has 0 N–H and O–H groups in total. The van der Waals surface area contributed by atoms with E-state index in [-0.39, 0.29) is 5.92 Å². The molecule has 0 spiro atoms. The lowest BCUT2D eigenvalue weighted by Crippen LogP contribution is -2.25. The van der Waals surface area contributed by atoms with E-state index in [1.807, 2.05) is 0 Å². The first kappa shape index (κ1) is 22.4. The lowest BCUT2D eigenvalue weighted by molar-refractivity contribution is -0.154. The van der Waals surface area contributed by atoms with Crippen LogP contribution in [0.3, 0.4) is 0 Å². The molecule has 2 aliphatic rings. The predicted molar refractivity (Wildman–Crippen MR) is 103 cm³/mol. The third kappa shape index (κ3) is 6.08. The van der Waals surface area contributed by atoms with E-state index in [2.05, 4.69) is 11.7 Å². The van der Waals surface area contributed by atoms with Crippen molar-refractivity contribution < 1.29 is 26.7 Å². The van der Waals surface area contributed by atoms with Gasteiger partial charge in [-0.1, -0.05) is 32.6 Å². The summed E-state index contributed by atoms with van der Waals surface area (Å²) in [5, 5.41) is 0. The predicted octanol–water partition coefficient (Wildman–Crippen LogP) is 7.79. The minimum Gasteiger partial charge on any atom is -0.478 e. The number of hydrogen-bond donors (Lipinski definition) is 0. The Balaban J connectivity index is 1.54. The minimum atomic E-state index is -4.63. The molecule has 2 saturated carbocycles. The average Bonchev–Trinajstić information content (AvgIpc) is 2.67. The van der Waals surface area contributed by atoms with Crippen molar-refractivity contribution in [2.75, 3.05) is 6.61 Å². The lowest BCUT2D eigenvalue weighted by Gasteiger charge is -2.38. The van der Waals surface area contributed by atoms with Crippen LogP contribution in [0.15, 0.2) is 12.1 Å². The maximum absolute atomic E-state index is 14.2. The molecule has 0 atom stereocenters. The molecule has 0 saturated heterocycles. The Labute approximate surface area is 170 Å². The summed E-state index contributed by atoms with van der Waals surface area (Å²) in [4.78, 5) is 0. The maximum atomic E-state index is 14.2. The van der Waals surface area contributed by atoms with Crippen molar-refractivity contribution in [1.29, 1.82) is 0 Å². The Morgan fingerprint density at radius 1 is 0.862 bits per heavy atom. The van der Waals surface area contributed by atoms with Crippen molar-refractivity contribution in [2.45, 2.75) is 83.2 Å². The molecular formula is C23H31F5O. The summed E-state index contributed by atoms with van der Waals surface area (Å²) in [5.74, 6) is -0.640. The van der Waals surface area contributed by atoms with Crippen molar-refractivity contribution in [3.8, 4) is 5.75 Å². The van der Waals surface area contributed by atoms with Gasteiger partial charge >= 0.3 is 6.18 Å². The monoisotopic (exact) mass is 418 g/mol. The molecule has 0 bridgehead atoms. The van der Waals surface area contributed by atoms with Crippen LogP contribution in [0.5, 0.6) is 5.75 Å². The van der Waals surface area contributed by atoms with Crippen LogP contribution >= 0.6 is 0 Å². The van der Waals surface area contributed by atoms with Gasteiger partial charge in [0, 0.05) is 0 Å². The van der Waals surface area contributed by atoms with E-state index < -0.39 is 30.2 Å². The summed E-state index contributed by atoms with van der Waals surface area (Å²) in [6.45, 7) is 0.541. The molecule has 0 aliphatic heterocycles. The van der Waals surface area contributed by atoms with E-state index >= 15 is 0 Å². The zero-order valence-electron chi connectivity index (χ0n) is 17.0. The van der Waals surface area contributed by atoms with Gasteiger partial charge in [-0.25, -0.2) is 8.78 Å². The van der Waals surface area contributed by atoms with Crippen LogP contribution in [-0.4, -0.2) is 12.8 Å². The van der Waals surface area contributed by atoms with E-state index in [1.54, 1.807) is 0 Å². The standard InChI is InChI=1S/C23H31F5O/c1-2-3-15-4-6-16(7-5-15)17-8-10-18(11-9-17)19-12-20(24)22(21(25)13-19)29-14-23(26,27)28/h12-13,15-18H,2-11,14H2,1H3/t15-,16-,17?,18?. The molecule has 1 aromatic rings. The molecule has 3 rings (SSSR count). The summed E-state index contributed by atoms with van der Waals surface area (Å²) in [6, 6.07) is 2.30. The van der Waals surface area contributed by atoms with Gasteiger partial charge in [0.2, 0.25) is 0 Å². The third-order valence-electron chi connectivity index (χ3n) is 6.90. The molecule has 0 radical (unpaired) electrons. The SMILES string of the molecule is CCC[C@H]1CC[C@H](C2CCC(c3cc(F)c(OCC(F)(F)F)c(F)c3)CC2)CC1. The Bertz CT molecular complexity index is 633. The highest BCUT2D eigenvalue weighted by Crippen LogP contribution is 2.45. The first-order chi connectivity index (χ1) is 13.8. The van der Waals surface area contributed by atoms with Crippen LogP contribution in [0.1, 0.15) is 82.6 Å². The summed E-state index contributed by atoms with van der Waals surface area (Å²) < 4.78 is 69.4. The number of rotatable bonds is 6. The summed E-state index contributed by atoms with van der Waals surface area (Å²) in [7, 11) is 0. The van der Waals surface area contributed by atoms with Gasteiger partial charge in [-0.2, -0.15) is 13.2 Å². The minimum absolute atomic E-state index is 0.0587. The molecule has 164 valence electrons. The zero-order valence-corrected chi connectivity index (χ0v) is 17.0. The van der Waals surface area contributed by atoms with Crippen molar-refractivity contribution >= 4 is 0 Å². The molecule has 0 amide bonds. The quantitative estimate of drug-likeness (QED) is 0.429. The molecule has 6 heteroatoms. The number of benzene rings is 1. The Kier molecular flexibility index (Phi) is 7.44. The van der Waals surface area contributed by atoms with Crippen molar-refractivity contribution in [3.05, 3.63) is 29.3 Å². The molecule has 0 aromatic heterocycles. The van der Waals surface area contributed by atoms with Gasteiger partial charge in [0.1, 0.15) is 0 Å². The number of hydrogen-bond acceptors (Lipinski definition) is 1. The molecular weight excluding hydrogens is 387 g/mol. The largest absolute Gasteiger partial charge is 0.478 e. The van der Waals surface area contributed by atoms with E-state index in [1.165, 1.54) is 38.5 Å². The van der Waals surface area contributed by atoms with Gasteiger partial charge in [-0.05, 0) is 79.9 Å². The second-order valence-corrected chi connectivity index (χ2v) is 8.90. The fourth-order valence-electron chi connectivity index (χ4n) is 5.39. The fraction of sp³-hybridized carbons (Fsp3) is 0.739. The number of halogens is 5. The smallest absolute Gasteiger partial charge is 0.422 e. The van der Waals surface area contributed by atoms with Gasteiger partial charge in [0.15, 0.2) is 24.0 Å². The second kappa shape index (κ2) is 9.65. The third-order valence-corrected chi connectivity index (χ3v) is 6.90. The second-order valence-electron chi connectivity index (χ2n) is 8.90. The molecule has 2 fully saturated rings. The highest BCUT2D eigenvalue weighted by molar-refractivity contribution is 5.33. The van der Waals surface area contributed by atoms with E-state index in [0.29, 0.717) is 11.5 Å². The summed E-state index contributed by atoms with van der Waals surface area (Å²) in [6.07, 6.45) is 7.08. The van der Waals surface area contributed by atoms with Gasteiger partial charge < -0.3 is 4.74 Å². The zero-order chi connectivity index (χ0) is 21.0. The summed E-state index contributed by atoms with van der Waals surface area (Å²) in [5.41, 5.74) is 0.532. The Hall–Kier alpha value is -1.33. The van der Waals surface area contributed by atoms with Crippen LogP contribution in [0.2, 0.25) is 0 Å². The van der Waals surface area contributed by atoms with Crippen LogP contribution < -0.4 is 4.74 Å². The van der Waals surface area contributed by atoms with E-state index in [9.17, 15) is 22.0 Å². The Morgan fingerprint density at radius 2 is 1.38 bits per heavy atom. The highest BCUT2D eigenvalue weighted by Gasteiger charge is 2.33. The van der Waals surface area contributed by atoms with Crippen molar-refractivity contribution in [1.82, 2.24) is 0 Å². The van der Waals surface area contributed by atoms with E-state index in [0.717, 1.165) is 49.7 Å². The van der Waals surface area contributed by atoms with E-state index in [4.69, 9.17) is 0 Å². The van der Waals surface area contributed by atoms with Gasteiger partial charge in [0.25, 0.3) is 0 Å². The first-order valence-corrected chi connectivity index (χ1v) is 10.9. The van der Waals surface area contributed by atoms with Crippen LogP contribution in [-0.2, 0) is 0 Å². The first-order valence-electron chi connectivity index (χ1n) is 10.9. The molecule has 0 unspecified atom stereocenters. The van der Waals surface area contributed by atoms with Crippen LogP contribution in [0.4, 0.5) is 22.0 Å². The van der Waals surface area contributed by atoms with Crippen LogP contribution in [0, 0.1) is 29.4 Å². The van der Waals surface area contributed by atoms with Crippen LogP contribution in [0.25, 0.3) is 0 Å².